The van der Waals surface area contributed by atoms with Crippen LogP contribution in [0.2, 0.25) is 0 Å². The molecule has 19 heavy (non-hydrogen) atoms. The summed E-state index contributed by atoms with van der Waals surface area (Å²) < 4.78 is 10.6. The lowest BCUT2D eigenvalue weighted by molar-refractivity contribution is 0.178. The van der Waals surface area contributed by atoms with Crippen molar-refractivity contribution in [1.29, 1.82) is 0 Å². The van der Waals surface area contributed by atoms with Crippen LogP contribution in [0.15, 0.2) is 35.3 Å². The van der Waals surface area contributed by atoms with Crippen LogP contribution in [0.4, 0.5) is 5.82 Å². The fourth-order valence-corrected chi connectivity index (χ4v) is 1.90. The van der Waals surface area contributed by atoms with Crippen LogP contribution < -0.4 is 5.32 Å². The predicted octanol–water partition coefficient (Wildman–Crippen LogP) is 1.75. The Kier molecular flexibility index (Phi) is 3.11. The van der Waals surface area contributed by atoms with Crippen LogP contribution in [0.3, 0.4) is 0 Å². The van der Waals surface area contributed by atoms with E-state index in [0.717, 1.165) is 11.1 Å². The zero-order valence-corrected chi connectivity index (χ0v) is 10.3. The van der Waals surface area contributed by atoms with Gasteiger partial charge in [0.05, 0.1) is 24.5 Å². The molecular formula is C12H13N5O2. The number of aromatic nitrogens is 4. The van der Waals surface area contributed by atoms with Crippen LogP contribution in [0.25, 0.3) is 11.0 Å². The van der Waals surface area contributed by atoms with Gasteiger partial charge in [0.15, 0.2) is 5.65 Å². The Morgan fingerprint density at radius 1 is 1.47 bits per heavy atom. The Morgan fingerprint density at radius 3 is 3.21 bits per heavy atom. The van der Waals surface area contributed by atoms with Gasteiger partial charge < -0.3 is 14.5 Å². The predicted molar refractivity (Wildman–Crippen MR) is 68.6 cm³/mol. The smallest absolute Gasteiger partial charge is 0.160 e. The van der Waals surface area contributed by atoms with Crippen LogP contribution in [0.1, 0.15) is 11.8 Å². The molecule has 0 aliphatic carbocycles. The number of H-pyrrole nitrogens is 1. The Labute approximate surface area is 109 Å². The topological polar surface area (TPSA) is 88.9 Å². The van der Waals surface area contributed by atoms with Gasteiger partial charge in [-0.2, -0.15) is 5.10 Å². The fraction of sp³-hybridized carbons (Fsp3) is 0.250. The third-order valence-electron chi connectivity index (χ3n) is 2.78. The number of aromatic amines is 1. The number of rotatable bonds is 5. The van der Waals surface area contributed by atoms with Gasteiger partial charge in [0.2, 0.25) is 0 Å². The molecule has 7 heteroatoms. The van der Waals surface area contributed by atoms with E-state index in [1.165, 1.54) is 6.33 Å². The number of ether oxygens (including phenoxy) is 1. The van der Waals surface area contributed by atoms with E-state index in [1.807, 2.05) is 12.1 Å². The molecule has 0 spiro atoms. The number of furan rings is 1. The van der Waals surface area contributed by atoms with E-state index in [2.05, 4.69) is 25.5 Å². The molecule has 3 aromatic heterocycles. The normalized spacial score (nSPS) is 12.7. The molecule has 0 aliphatic rings. The largest absolute Gasteiger partial charge is 0.467 e. The number of methoxy groups -OCH3 is 1. The first-order valence-electron chi connectivity index (χ1n) is 5.81. The highest BCUT2D eigenvalue weighted by Crippen LogP contribution is 2.23. The summed E-state index contributed by atoms with van der Waals surface area (Å²) in [4.78, 5) is 8.33. The minimum Gasteiger partial charge on any atom is -0.467 e. The number of hydrogen-bond acceptors (Lipinski definition) is 6. The molecule has 0 fully saturated rings. The Morgan fingerprint density at radius 2 is 2.42 bits per heavy atom. The molecule has 1 atom stereocenters. The van der Waals surface area contributed by atoms with Crippen LogP contribution >= 0.6 is 0 Å². The molecule has 0 aliphatic heterocycles. The van der Waals surface area contributed by atoms with E-state index in [-0.39, 0.29) is 6.04 Å². The minimum atomic E-state index is -0.118. The van der Waals surface area contributed by atoms with Gasteiger partial charge in [-0.05, 0) is 12.1 Å². The Hall–Kier alpha value is -2.41. The first-order chi connectivity index (χ1) is 9.38. The van der Waals surface area contributed by atoms with Gasteiger partial charge in [0.1, 0.15) is 23.9 Å². The molecule has 1 unspecified atom stereocenters. The molecule has 3 aromatic rings. The molecule has 0 bridgehead atoms. The second kappa shape index (κ2) is 5.07. The van der Waals surface area contributed by atoms with E-state index in [9.17, 15) is 0 Å². The maximum absolute atomic E-state index is 5.40. The SMILES string of the molecule is COCC(Nc1ncnc2[nH]ncc12)c1ccco1. The van der Waals surface area contributed by atoms with Crippen molar-refractivity contribution < 1.29 is 9.15 Å². The summed E-state index contributed by atoms with van der Waals surface area (Å²) in [7, 11) is 1.64. The Bertz CT molecular complexity index is 649. The lowest BCUT2D eigenvalue weighted by Crippen LogP contribution is -2.16. The van der Waals surface area contributed by atoms with Gasteiger partial charge in [-0.1, -0.05) is 0 Å². The zero-order chi connectivity index (χ0) is 13.1. The summed E-state index contributed by atoms with van der Waals surface area (Å²) in [6.45, 7) is 0.469. The molecule has 7 nitrogen and oxygen atoms in total. The summed E-state index contributed by atoms with van der Waals surface area (Å²) in [5.41, 5.74) is 0.688. The summed E-state index contributed by atoms with van der Waals surface area (Å²) in [5, 5.41) is 10.9. The van der Waals surface area contributed by atoms with E-state index in [4.69, 9.17) is 9.15 Å². The molecule has 0 radical (unpaired) electrons. The van der Waals surface area contributed by atoms with Crippen molar-refractivity contribution in [2.24, 2.45) is 0 Å². The van der Waals surface area contributed by atoms with Gasteiger partial charge in [0, 0.05) is 7.11 Å². The van der Waals surface area contributed by atoms with Gasteiger partial charge in [-0.25, -0.2) is 9.97 Å². The molecule has 0 saturated carbocycles. The van der Waals surface area contributed by atoms with E-state index in [1.54, 1.807) is 19.6 Å². The van der Waals surface area contributed by atoms with Crippen molar-refractivity contribution in [1.82, 2.24) is 20.2 Å². The average Bonchev–Trinajstić information content (AvgIpc) is 3.10. The number of nitrogens with zero attached hydrogens (tertiary/aromatic N) is 3. The number of anilines is 1. The Balaban J connectivity index is 1.91. The van der Waals surface area contributed by atoms with E-state index < -0.39 is 0 Å². The molecule has 0 saturated heterocycles. The quantitative estimate of drug-likeness (QED) is 0.725. The first kappa shape index (κ1) is 11.7. The van der Waals surface area contributed by atoms with Gasteiger partial charge in [-0.3, -0.25) is 5.10 Å². The van der Waals surface area contributed by atoms with E-state index in [0.29, 0.717) is 18.1 Å². The van der Waals surface area contributed by atoms with Gasteiger partial charge >= 0.3 is 0 Å². The van der Waals surface area contributed by atoms with E-state index >= 15 is 0 Å². The standard InChI is InChI=1S/C12H13N5O2/c1-18-6-9(10-3-2-4-19-10)16-11-8-5-15-17-12(8)14-7-13-11/h2-5,7,9H,6H2,1H3,(H2,13,14,15,16,17). The lowest BCUT2D eigenvalue weighted by Gasteiger charge is -2.16. The molecule has 3 heterocycles. The van der Waals surface area contributed by atoms with Crippen molar-refractivity contribution in [3.8, 4) is 0 Å². The molecular weight excluding hydrogens is 246 g/mol. The summed E-state index contributed by atoms with van der Waals surface area (Å²) in [6.07, 6.45) is 4.80. The fourth-order valence-electron chi connectivity index (χ4n) is 1.90. The van der Waals surface area contributed by atoms with Crippen LogP contribution in [-0.4, -0.2) is 33.9 Å². The molecule has 3 rings (SSSR count). The van der Waals surface area contributed by atoms with Crippen molar-refractivity contribution in [3.63, 3.8) is 0 Å². The monoisotopic (exact) mass is 259 g/mol. The van der Waals surface area contributed by atoms with Crippen LogP contribution in [0, 0.1) is 0 Å². The average molecular weight is 259 g/mol. The second-order valence-electron chi connectivity index (χ2n) is 4.02. The number of nitrogens with one attached hydrogen (secondary N) is 2. The van der Waals surface area contributed by atoms with Crippen molar-refractivity contribution in [2.75, 3.05) is 19.0 Å². The maximum atomic E-state index is 5.40. The highest BCUT2D eigenvalue weighted by molar-refractivity contribution is 5.85. The second-order valence-corrected chi connectivity index (χ2v) is 4.02. The number of fused-ring (bicyclic) bond motifs is 1. The lowest BCUT2D eigenvalue weighted by atomic mass is 10.2. The highest BCUT2D eigenvalue weighted by Gasteiger charge is 2.16. The third-order valence-corrected chi connectivity index (χ3v) is 2.78. The molecule has 0 amide bonds. The van der Waals surface area contributed by atoms with Crippen LogP contribution in [0.5, 0.6) is 0 Å². The highest BCUT2D eigenvalue weighted by atomic mass is 16.5. The van der Waals surface area contributed by atoms with Crippen LogP contribution in [-0.2, 0) is 4.74 Å². The van der Waals surface area contributed by atoms with Crippen molar-refractivity contribution in [3.05, 3.63) is 36.7 Å². The third kappa shape index (κ3) is 2.27. The van der Waals surface area contributed by atoms with Gasteiger partial charge in [0.25, 0.3) is 0 Å². The summed E-state index contributed by atoms with van der Waals surface area (Å²) in [6, 6.07) is 3.62. The maximum Gasteiger partial charge on any atom is 0.160 e. The summed E-state index contributed by atoms with van der Waals surface area (Å²) >= 11 is 0. The minimum absolute atomic E-state index is 0.118. The van der Waals surface area contributed by atoms with Crippen molar-refractivity contribution >= 4 is 16.9 Å². The summed E-state index contributed by atoms with van der Waals surface area (Å²) in [5.74, 6) is 1.48. The van der Waals surface area contributed by atoms with Crippen molar-refractivity contribution in [2.45, 2.75) is 6.04 Å². The number of hydrogen-bond donors (Lipinski definition) is 2. The molecule has 2 N–H and O–H groups in total. The first-order valence-corrected chi connectivity index (χ1v) is 5.81. The molecule has 98 valence electrons. The van der Waals surface area contributed by atoms with Gasteiger partial charge in [-0.15, -0.1) is 0 Å². The zero-order valence-electron chi connectivity index (χ0n) is 10.3. The molecule has 0 aromatic carbocycles.